The first-order valence-corrected chi connectivity index (χ1v) is 13.6. The Morgan fingerprint density at radius 2 is 1.57 bits per heavy atom. The van der Waals surface area contributed by atoms with E-state index in [1.807, 2.05) is 18.2 Å². The Morgan fingerprint density at radius 3 is 2.22 bits per heavy atom. The van der Waals surface area contributed by atoms with Crippen molar-refractivity contribution in [2.24, 2.45) is 0 Å². The van der Waals surface area contributed by atoms with Crippen molar-refractivity contribution in [2.75, 3.05) is 26.9 Å². The molecule has 2 aromatic carbocycles. The van der Waals surface area contributed by atoms with E-state index in [1.54, 1.807) is 20.1 Å². The van der Waals surface area contributed by atoms with Gasteiger partial charge in [-0.2, -0.15) is 0 Å². The minimum atomic E-state index is -0.358. The third-order valence-corrected chi connectivity index (χ3v) is 7.48. The largest absolute Gasteiger partial charge is 0.496 e. The Bertz CT molecular complexity index is 1100. The molecule has 0 unspecified atom stereocenters. The molecular weight excluding hydrogens is 464 g/mol. The predicted octanol–water partition coefficient (Wildman–Crippen LogP) is 7.22. The highest BCUT2D eigenvalue weighted by atomic mass is 16.5. The van der Waals surface area contributed by atoms with Crippen molar-refractivity contribution in [1.82, 2.24) is 0 Å². The highest BCUT2D eigenvalue weighted by Crippen LogP contribution is 2.50. The summed E-state index contributed by atoms with van der Waals surface area (Å²) in [5, 5.41) is 9.06. The number of hydrogen-bond donors (Lipinski definition) is 1. The van der Waals surface area contributed by atoms with Gasteiger partial charge in [0, 0.05) is 23.8 Å². The average molecular weight is 509 g/mol. The molecule has 0 saturated carbocycles. The summed E-state index contributed by atoms with van der Waals surface area (Å²) in [5.74, 6) is 1.26. The number of rotatable bonds is 12. The van der Waals surface area contributed by atoms with Crippen LogP contribution in [-0.2, 0) is 20.4 Å². The summed E-state index contributed by atoms with van der Waals surface area (Å²) in [6, 6.07) is 10.5. The second-order valence-electron chi connectivity index (χ2n) is 11.2. The van der Waals surface area contributed by atoms with Gasteiger partial charge in [0.2, 0.25) is 0 Å². The standard InChI is InChI=1S/C32H44O5/c1-7-36-30(34)15-13-23-12-14-28(35-6)24(20-23)25-21-26-27(32(4,5)17-16-31(26,2)3)22-29(25)37-19-11-9-8-10-18-33/h12-15,20-22,33H,7-11,16-19H2,1-6H3/b15-13+. The number of esters is 1. The van der Waals surface area contributed by atoms with E-state index in [2.05, 4.69) is 39.8 Å². The number of methoxy groups -OCH3 is 1. The Labute approximate surface area is 222 Å². The van der Waals surface area contributed by atoms with Gasteiger partial charge in [0.1, 0.15) is 11.5 Å². The highest BCUT2D eigenvalue weighted by Gasteiger charge is 2.38. The van der Waals surface area contributed by atoms with Crippen LogP contribution in [-0.4, -0.2) is 38.0 Å². The SMILES string of the molecule is CCOC(=O)/C=C/c1ccc(OC)c(-c2cc3c(cc2OCCCCCCO)C(C)(C)CCC3(C)C)c1. The number of aliphatic hydroxyl groups excluding tert-OH is 1. The molecule has 5 nitrogen and oxygen atoms in total. The van der Waals surface area contributed by atoms with Crippen molar-refractivity contribution in [2.45, 2.75) is 84.0 Å². The van der Waals surface area contributed by atoms with Crippen molar-refractivity contribution < 1.29 is 24.1 Å². The lowest BCUT2D eigenvalue weighted by Gasteiger charge is -2.42. The maximum atomic E-state index is 11.9. The predicted molar refractivity (Wildman–Crippen MR) is 150 cm³/mol. The molecule has 1 N–H and O–H groups in total. The van der Waals surface area contributed by atoms with E-state index in [0.717, 1.165) is 66.7 Å². The molecule has 202 valence electrons. The van der Waals surface area contributed by atoms with Crippen molar-refractivity contribution in [3.8, 4) is 22.6 Å². The first-order valence-electron chi connectivity index (χ1n) is 13.6. The van der Waals surface area contributed by atoms with Crippen molar-refractivity contribution in [3.63, 3.8) is 0 Å². The maximum absolute atomic E-state index is 11.9. The molecule has 0 atom stereocenters. The number of ether oxygens (including phenoxy) is 3. The maximum Gasteiger partial charge on any atom is 0.330 e. The fraction of sp³-hybridized carbons (Fsp3) is 0.531. The van der Waals surface area contributed by atoms with E-state index < -0.39 is 0 Å². The molecule has 37 heavy (non-hydrogen) atoms. The Morgan fingerprint density at radius 1 is 0.919 bits per heavy atom. The third-order valence-electron chi connectivity index (χ3n) is 7.48. The summed E-state index contributed by atoms with van der Waals surface area (Å²) in [6.45, 7) is 12.3. The van der Waals surface area contributed by atoms with Gasteiger partial charge in [-0.05, 0) is 96.9 Å². The van der Waals surface area contributed by atoms with Gasteiger partial charge in [-0.15, -0.1) is 0 Å². The number of hydrogen-bond acceptors (Lipinski definition) is 5. The summed E-state index contributed by atoms with van der Waals surface area (Å²) in [4.78, 5) is 11.9. The van der Waals surface area contributed by atoms with Crippen LogP contribution in [0.5, 0.6) is 11.5 Å². The van der Waals surface area contributed by atoms with E-state index in [-0.39, 0.29) is 23.4 Å². The second-order valence-corrected chi connectivity index (χ2v) is 11.2. The number of carbonyl (C=O) groups is 1. The van der Waals surface area contributed by atoms with E-state index >= 15 is 0 Å². The van der Waals surface area contributed by atoms with Gasteiger partial charge in [-0.25, -0.2) is 4.79 Å². The first-order chi connectivity index (χ1) is 17.6. The zero-order chi connectivity index (χ0) is 27.1. The topological polar surface area (TPSA) is 65.0 Å². The molecule has 0 aromatic heterocycles. The quantitative estimate of drug-likeness (QED) is 0.186. The van der Waals surface area contributed by atoms with Gasteiger partial charge in [0.15, 0.2) is 0 Å². The van der Waals surface area contributed by atoms with E-state index in [0.29, 0.717) is 13.2 Å². The van der Waals surface area contributed by atoms with E-state index in [4.69, 9.17) is 19.3 Å². The van der Waals surface area contributed by atoms with Crippen LogP contribution in [0.15, 0.2) is 36.4 Å². The van der Waals surface area contributed by atoms with Crippen LogP contribution in [0.2, 0.25) is 0 Å². The van der Waals surface area contributed by atoms with Gasteiger partial charge in [0.05, 0.1) is 20.3 Å². The van der Waals surface area contributed by atoms with Crippen LogP contribution in [0.1, 0.15) is 89.8 Å². The highest BCUT2D eigenvalue weighted by molar-refractivity contribution is 5.88. The van der Waals surface area contributed by atoms with Crippen LogP contribution in [0.25, 0.3) is 17.2 Å². The molecule has 0 bridgehead atoms. The summed E-state index contributed by atoms with van der Waals surface area (Å²) in [5.41, 5.74) is 5.64. The van der Waals surface area contributed by atoms with Gasteiger partial charge in [-0.3, -0.25) is 0 Å². The third kappa shape index (κ3) is 7.16. The van der Waals surface area contributed by atoms with Crippen LogP contribution < -0.4 is 9.47 Å². The molecular formula is C32H44O5. The Hall–Kier alpha value is -2.79. The zero-order valence-corrected chi connectivity index (χ0v) is 23.5. The molecule has 0 radical (unpaired) electrons. The minimum absolute atomic E-state index is 0.0527. The smallest absolute Gasteiger partial charge is 0.330 e. The summed E-state index contributed by atoms with van der Waals surface area (Å²) < 4.78 is 17.3. The zero-order valence-electron chi connectivity index (χ0n) is 23.5. The lowest BCUT2D eigenvalue weighted by molar-refractivity contribution is -0.137. The number of fused-ring (bicyclic) bond motifs is 1. The van der Waals surface area contributed by atoms with Gasteiger partial charge in [-0.1, -0.05) is 40.2 Å². The van der Waals surface area contributed by atoms with E-state index in [1.165, 1.54) is 17.2 Å². The van der Waals surface area contributed by atoms with Crippen LogP contribution in [0, 0.1) is 0 Å². The Balaban J connectivity index is 2.08. The number of benzene rings is 2. The summed E-state index contributed by atoms with van der Waals surface area (Å²) >= 11 is 0. The molecule has 0 amide bonds. The van der Waals surface area contributed by atoms with Gasteiger partial charge < -0.3 is 19.3 Å². The van der Waals surface area contributed by atoms with Gasteiger partial charge >= 0.3 is 5.97 Å². The molecule has 3 rings (SSSR count). The fourth-order valence-electron chi connectivity index (χ4n) is 5.07. The number of unbranched alkanes of at least 4 members (excludes halogenated alkanes) is 3. The van der Waals surface area contributed by atoms with Crippen LogP contribution in [0.3, 0.4) is 0 Å². The molecule has 0 fully saturated rings. The summed E-state index contributed by atoms with van der Waals surface area (Å²) in [7, 11) is 1.68. The summed E-state index contributed by atoms with van der Waals surface area (Å²) in [6.07, 6.45) is 9.27. The molecule has 0 heterocycles. The lowest BCUT2D eigenvalue weighted by Crippen LogP contribution is -2.34. The molecule has 1 aliphatic rings. The van der Waals surface area contributed by atoms with E-state index in [9.17, 15) is 4.79 Å². The molecule has 0 saturated heterocycles. The van der Waals surface area contributed by atoms with Crippen LogP contribution in [0.4, 0.5) is 0 Å². The number of carbonyl (C=O) groups excluding carboxylic acids is 1. The van der Waals surface area contributed by atoms with Crippen molar-refractivity contribution in [3.05, 3.63) is 53.1 Å². The molecule has 0 aliphatic heterocycles. The normalized spacial score (nSPS) is 15.9. The molecule has 2 aromatic rings. The van der Waals surface area contributed by atoms with Crippen LogP contribution >= 0.6 is 0 Å². The molecule has 1 aliphatic carbocycles. The minimum Gasteiger partial charge on any atom is -0.496 e. The molecule has 0 spiro atoms. The average Bonchev–Trinajstić information content (AvgIpc) is 2.87. The monoisotopic (exact) mass is 508 g/mol. The van der Waals surface area contributed by atoms with Gasteiger partial charge in [0.25, 0.3) is 0 Å². The van der Waals surface area contributed by atoms with Crippen molar-refractivity contribution >= 4 is 12.0 Å². The lowest BCUT2D eigenvalue weighted by atomic mass is 9.62. The first kappa shape index (κ1) is 28.8. The van der Waals surface area contributed by atoms with Crippen molar-refractivity contribution in [1.29, 1.82) is 0 Å². The number of aliphatic hydroxyl groups is 1. The fourth-order valence-corrected chi connectivity index (χ4v) is 5.07. The second kappa shape index (κ2) is 12.6. The Kier molecular flexibility index (Phi) is 9.83. The molecule has 5 heteroatoms.